The first-order chi connectivity index (χ1) is 16.2. The molecule has 2 aliphatic rings. The summed E-state index contributed by atoms with van der Waals surface area (Å²) in [6.07, 6.45) is 3.12. The molecule has 0 fully saturated rings. The van der Waals surface area contributed by atoms with E-state index in [4.69, 9.17) is 14.2 Å². The highest BCUT2D eigenvalue weighted by Crippen LogP contribution is 2.44. The number of aryl methyl sites for hydroxylation is 1. The molecule has 0 saturated carbocycles. The van der Waals surface area contributed by atoms with Gasteiger partial charge in [0.2, 0.25) is 0 Å². The lowest BCUT2D eigenvalue weighted by Crippen LogP contribution is -2.34. The molecule has 5 nitrogen and oxygen atoms in total. The van der Waals surface area contributed by atoms with Crippen molar-refractivity contribution < 1.29 is 14.2 Å². The number of rotatable bonds is 6. The van der Waals surface area contributed by atoms with Crippen LogP contribution in [-0.2, 0) is 25.9 Å². The van der Waals surface area contributed by atoms with Crippen molar-refractivity contribution in [2.75, 3.05) is 33.2 Å². The molecule has 3 aromatic rings. The Bertz CT molecular complexity index is 1130. The van der Waals surface area contributed by atoms with E-state index in [2.05, 4.69) is 52.7 Å². The lowest BCUT2D eigenvalue weighted by molar-refractivity contribution is 0.172. The molecule has 5 rings (SSSR count). The second-order valence-corrected chi connectivity index (χ2v) is 8.80. The maximum Gasteiger partial charge on any atom is 0.165 e. The van der Waals surface area contributed by atoms with Crippen LogP contribution in [0.15, 0.2) is 54.6 Å². The van der Waals surface area contributed by atoms with Crippen LogP contribution in [0, 0.1) is 0 Å². The molecule has 2 aliphatic heterocycles. The molecule has 33 heavy (non-hydrogen) atoms. The predicted molar refractivity (Wildman–Crippen MR) is 131 cm³/mol. The largest absolute Gasteiger partial charge is 0.495 e. The van der Waals surface area contributed by atoms with Gasteiger partial charge in [0.05, 0.1) is 27.0 Å². The fraction of sp³-hybridized carbons (Fsp3) is 0.357. The van der Waals surface area contributed by atoms with Gasteiger partial charge in [0.1, 0.15) is 5.75 Å². The fourth-order valence-corrected chi connectivity index (χ4v) is 5.34. The van der Waals surface area contributed by atoms with E-state index in [9.17, 15) is 0 Å². The molecular formula is C28H32N2O3. The van der Waals surface area contributed by atoms with Crippen molar-refractivity contribution in [1.29, 1.82) is 0 Å². The van der Waals surface area contributed by atoms with Crippen LogP contribution in [0.1, 0.15) is 40.3 Å². The molecule has 0 radical (unpaired) electrons. The molecule has 3 aromatic carbocycles. The van der Waals surface area contributed by atoms with Gasteiger partial charge in [-0.2, -0.15) is 0 Å². The Morgan fingerprint density at radius 1 is 0.879 bits per heavy atom. The number of ether oxygens (including phenoxy) is 3. The quantitative estimate of drug-likeness (QED) is 0.554. The molecule has 0 bridgehead atoms. The summed E-state index contributed by atoms with van der Waals surface area (Å²) in [4.78, 5) is 2.60. The Morgan fingerprint density at radius 3 is 2.45 bits per heavy atom. The van der Waals surface area contributed by atoms with Crippen molar-refractivity contribution in [3.63, 3.8) is 0 Å². The highest BCUT2D eigenvalue weighted by Gasteiger charge is 2.32. The molecule has 0 saturated heterocycles. The SMILES string of the molecule is COc1cc2c(cc1NCc1ccccc1)[C@@H]1CCc3ccc(OC)c(OC)c3CN1CC2. The summed E-state index contributed by atoms with van der Waals surface area (Å²) >= 11 is 0. The van der Waals surface area contributed by atoms with Gasteiger partial charge in [-0.05, 0) is 59.7 Å². The maximum atomic E-state index is 5.78. The van der Waals surface area contributed by atoms with E-state index in [-0.39, 0.29) is 0 Å². The number of hydrogen-bond donors (Lipinski definition) is 1. The molecule has 172 valence electrons. The van der Waals surface area contributed by atoms with Gasteiger partial charge in [0.25, 0.3) is 0 Å². The van der Waals surface area contributed by atoms with E-state index in [0.29, 0.717) is 6.04 Å². The Morgan fingerprint density at radius 2 is 1.70 bits per heavy atom. The van der Waals surface area contributed by atoms with Crippen LogP contribution in [-0.4, -0.2) is 32.8 Å². The first-order valence-electron chi connectivity index (χ1n) is 11.7. The molecule has 0 spiro atoms. The lowest BCUT2D eigenvalue weighted by atomic mass is 9.89. The standard InChI is InChI=1S/C28H32N2O3/c1-31-26-12-10-20-9-11-25-22-16-24(29-17-19-7-5-4-6-8-19)27(32-2)15-21(22)13-14-30(25)18-23(20)28(26)33-3/h4-8,10,12,15-16,25,29H,9,11,13-14,17-18H2,1-3H3/t25-/m0/s1. The zero-order valence-corrected chi connectivity index (χ0v) is 19.7. The third kappa shape index (κ3) is 4.13. The number of nitrogens with one attached hydrogen (secondary N) is 1. The summed E-state index contributed by atoms with van der Waals surface area (Å²) in [7, 11) is 5.20. The minimum absolute atomic E-state index is 0.375. The van der Waals surface area contributed by atoms with Gasteiger partial charge in [0, 0.05) is 31.2 Å². The van der Waals surface area contributed by atoms with Crippen LogP contribution >= 0.6 is 0 Å². The van der Waals surface area contributed by atoms with Crippen molar-refractivity contribution in [2.24, 2.45) is 0 Å². The van der Waals surface area contributed by atoms with E-state index in [0.717, 1.165) is 61.8 Å². The van der Waals surface area contributed by atoms with Gasteiger partial charge in [0.15, 0.2) is 11.5 Å². The van der Waals surface area contributed by atoms with E-state index in [1.807, 2.05) is 12.1 Å². The molecule has 0 aromatic heterocycles. The van der Waals surface area contributed by atoms with E-state index >= 15 is 0 Å². The number of benzene rings is 3. The average Bonchev–Trinajstić information content (AvgIpc) is 3.06. The number of fused-ring (bicyclic) bond motifs is 4. The van der Waals surface area contributed by atoms with Crippen molar-refractivity contribution in [3.8, 4) is 17.2 Å². The Labute approximate surface area is 196 Å². The van der Waals surface area contributed by atoms with Crippen molar-refractivity contribution in [2.45, 2.75) is 38.4 Å². The summed E-state index contributed by atoms with van der Waals surface area (Å²) in [5.74, 6) is 2.60. The first kappa shape index (κ1) is 21.7. The van der Waals surface area contributed by atoms with Crippen LogP contribution in [0.4, 0.5) is 5.69 Å². The van der Waals surface area contributed by atoms with Gasteiger partial charge < -0.3 is 19.5 Å². The van der Waals surface area contributed by atoms with Gasteiger partial charge in [-0.3, -0.25) is 4.90 Å². The number of methoxy groups -OCH3 is 3. The van der Waals surface area contributed by atoms with Gasteiger partial charge in [-0.15, -0.1) is 0 Å². The summed E-state index contributed by atoms with van der Waals surface area (Å²) in [5.41, 5.74) is 7.75. The lowest BCUT2D eigenvalue weighted by Gasteiger charge is -2.37. The molecule has 0 unspecified atom stereocenters. The van der Waals surface area contributed by atoms with Gasteiger partial charge >= 0.3 is 0 Å². The molecule has 1 atom stereocenters. The molecule has 2 heterocycles. The van der Waals surface area contributed by atoms with Crippen LogP contribution in [0.2, 0.25) is 0 Å². The summed E-state index contributed by atoms with van der Waals surface area (Å²) in [5, 5.41) is 3.61. The molecular weight excluding hydrogens is 412 g/mol. The Balaban J connectivity index is 1.46. The van der Waals surface area contributed by atoms with Crippen molar-refractivity contribution >= 4 is 5.69 Å². The first-order valence-corrected chi connectivity index (χ1v) is 11.7. The van der Waals surface area contributed by atoms with Crippen LogP contribution < -0.4 is 19.5 Å². The molecule has 5 heteroatoms. The predicted octanol–water partition coefficient (Wildman–Crippen LogP) is 5.37. The van der Waals surface area contributed by atoms with Crippen molar-refractivity contribution in [3.05, 3.63) is 82.4 Å². The zero-order valence-electron chi connectivity index (χ0n) is 19.7. The second-order valence-electron chi connectivity index (χ2n) is 8.80. The van der Waals surface area contributed by atoms with E-state index < -0.39 is 0 Å². The van der Waals surface area contributed by atoms with Gasteiger partial charge in [-0.25, -0.2) is 0 Å². The smallest absolute Gasteiger partial charge is 0.165 e. The maximum absolute atomic E-state index is 5.78. The Hall–Kier alpha value is -3.18. The summed E-state index contributed by atoms with van der Waals surface area (Å²) in [6, 6.07) is 19.7. The summed E-state index contributed by atoms with van der Waals surface area (Å²) in [6.45, 7) is 2.67. The molecule has 0 amide bonds. The third-order valence-corrected chi connectivity index (χ3v) is 7.05. The minimum Gasteiger partial charge on any atom is -0.495 e. The monoisotopic (exact) mass is 444 g/mol. The average molecular weight is 445 g/mol. The normalized spacial score (nSPS) is 17.2. The Kier molecular flexibility index (Phi) is 6.14. The van der Waals surface area contributed by atoms with Crippen LogP contribution in [0.3, 0.4) is 0 Å². The summed E-state index contributed by atoms with van der Waals surface area (Å²) < 4.78 is 17.1. The number of nitrogens with zero attached hydrogens (tertiary/aromatic N) is 1. The fourth-order valence-electron chi connectivity index (χ4n) is 5.34. The minimum atomic E-state index is 0.375. The number of anilines is 1. The van der Waals surface area contributed by atoms with Crippen LogP contribution in [0.25, 0.3) is 0 Å². The molecule has 1 N–H and O–H groups in total. The molecule has 0 aliphatic carbocycles. The highest BCUT2D eigenvalue weighted by atomic mass is 16.5. The van der Waals surface area contributed by atoms with E-state index in [1.165, 1.54) is 27.8 Å². The second kappa shape index (κ2) is 9.36. The van der Waals surface area contributed by atoms with Crippen LogP contribution in [0.5, 0.6) is 17.2 Å². The highest BCUT2D eigenvalue weighted by molar-refractivity contribution is 5.62. The number of hydrogen-bond acceptors (Lipinski definition) is 5. The zero-order chi connectivity index (χ0) is 22.8. The van der Waals surface area contributed by atoms with Gasteiger partial charge in [-0.1, -0.05) is 36.4 Å². The van der Waals surface area contributed by atoms with Crippen molar-refractivity contribution in [1.82, 2.24) is 4.90 Å². The van der Waals surface area contributed by atoms with E-state index in [1.54, 1.807) is 21.3 Å². The third-order valence-electron chi connectivity index (χ3n) is 7.05. The topological polar surface area (TPSA) is 43.0 Å².